The van der Waals surface area contributed by atoms with Gasteiger partial charge in [0.05, 0.1) is 32.0 Å². The van der Waals surface area contributed by atoms with Crippen molar-refractivity contribution in [3.63, 3.8) is 0 Å². The molecular weight excluding hydrogens is 484 g/mol. The second-order valence-corrected chi connectivity index (χ2v) is 8.58. The number of halogens is 1. The molecule has 0 aliphatic rings. The van der Waals surface area contributed by atoms with Gasteiger partial charge in [-0.05, 0) is 35.9 Å². The Morgan fingerprint density at radius 2 is 1.94 bits per heavy atom. The van der Waals surface area contributed by atoms with Crippen LogP contribution in [0.3, 0.4) is 0 Å². The Bertz CT molecular complexity index is 1440. The van der Waals surface area contributed by atoms with Crippen molar-refractivity contribution in [1.82, 2.24) is 15.3 Å². The number of amides is 1. The molecule has 0 spiro atoms. The molecule has 0 atom stereocenters. The number of furan rings is 1. The van der Waals surface area contributed by atoms with Crippen LogP contribution >= 0.6 is 11.6 Å². The highest BCUT2D eigenvalue weighted by Gasteiger charge is 2.21. The van der Waals surface area contributed by atoms with Crippen LogP contribution in [0.25, 0.3) is 11.0 Å². The fraction of sp³-hybridized carbons (Fsp3) is 0.240. The fourth-order valence-corrected chi connectivity index (χ4v) is 4.24. The lowest BCUT2D eigenvalue weighted by atomic mass is 10.0. The van der Waals surface area contributed by atoms with Gasteiger partial charge in [0.2, 0.25) is 11.7 Å². The molecule has 10 nitrogen and oxygen atoms in total. The number of carbonyl (C=O) groups excluding carboxylic acids is 1. The molecule has 5 N–H and O–H groups in total. The van der Waals surface area contributed by atoms with Crippen molar-refractivity contribution in [3.8, 4) is 11.5 Å². The van der Waals surface area contributed by atoms with Gasteiger partial charge in [0.25, 0.3) is 5.91 Å². The number of anilines is 3. The molecule has 0 saturated carbocycles. The van der Waals surface area contributed by atoms with Crippen LogP contribution in [0, 0.1) is 0 Å². The number of aromatic nitrogens is 2. The van der Waals surface area contributed by atoms with Gasteiger partial charge in [-0.15, -0.1) is 0 Å². The summed E-state index contributed by atoms with van der Waals surface area (Å²) < 4.78 is 17.4. The smallest absolute Gasteiger partial charge is 0.253 e. The Morgan fingerprint density at radius 1 is 1.17 bits per heavy atom. The van der Waals surface area contributed by atoms with E-state index in [0.29, 0.717) is 63.5 Å². The molecule has 0 aliphatic heterocycles. The molecule has 0 fully saturated rings. The minimum atomic E-state index is -0.213. The third kappa shape index (κ3) is 4.80. The molecule has 1 amide bonds. The van der Waals surface area contributed by atoms with Gasteiger partial charge in [0.15, 0.2) is 11.3 Å². The van der Waals surface area contributed by atoms with Crippen molar-refractivity contribution in [1.29, 1.82) is 0 Å². The molecular formula is C25H27ClN6O4. The SMILES string of the molecule is CNC(=O)c1ccc(Cl)cc1N(C)Cc1cc2c(Cc3cnc(N)nc3N)cc(OC)c(OC)c2o1. The first-order valence-corrected chi connectivity index (χ1v) is 11.4. The van der Waals surface area contributed by atoms with Gasteiger partial charge in [0.1, 0.15) is 11.6 Å². The first kappa shape index (κ1) is 24.9. The molecule has 0 aliphatic carbocycles. The zero-order valence-corrected chi connectivity index (χ0v) is 21.1. The van der Waals surface area contributed by atoms with Gasteiger partial charge >= 0.3 is 0 Å². The Labute approximate surface area is 213 Å². The van der Waals surface area contributed by atoms with Gasteiger partial charge in [0, 0.05) is 42.7 Å². The van der Waals surface area contributed by atoms with Crippen molar-refractivity contribution in [2.45, 2.75) is 13.0 Å². The molecule has 36 heavy (non-hydrogen) atoms. The molecule has 2 aromatic heterocycles. The lowest BCUT2D eigenvalue weighted by Crippen LogP contribution is -2.24. The number of fused-ring (bicyclic) bond motifs is 1. The second kappa shape index (κ2) is 10.2. The average Bonchev–Trinajstić information content (AvgIpc) is 3.28. The summed E-state index contributed by atoms with van der Waals surface area (Å²) in [5.74, 6) is 1.83. The third-order valence-corrected chi connectivity index (χ3v) is 6.06. The van der Waals surface area contributed by atoms with Crippen LogP contribution in [0.5, 0.6) is 11.5 Å². The fourth-order valence-electron chi connectivity index (χ4n) is 4.07. The first-order chi connectivity index (χ1) is 17.2. The highest BCUT2D eigenvalue weighted by atomic mass is 35.5. The minimum absolute atomic E-state index is 0.111. The highest BCUT2D eigenvalue weighted by Crippen LogP contribution is 2.41. The summed E-state index contributed by atoms with van der Waals surface area (Å²) in [4.78, 5) is 22.4. The van der Waals surface area contributed by atoms with Gasteiger partial charge < -0.3 is 35.6 Å². The molecule has 0 bridgehead atoms. The van der Waals surface area contributed by atoms with Crippen molar-refractivity contribution in [2.75, 3.05) is 44.7 Å². The van der Waals surface area contributed by atoms with Crippen LogP contribution in [0.2, 0.25) is 5.02 Å². The van der Waals surface area contributed by atoms with Gasteiger partial charge in [-0.3, -0.25) is 4.79 Å². The Kier molecular flexibility index (Phi) is 7.07. The van der Waals surface area contributed by atoms with Crippen LogP contribution in [0.15, 0.2) is 40.9 Å². The number of benzene rings is 2. The monoisotopic (exact) mass is 510 g/mol. The normalized spacial score (nSPS) is 10.9. The number of nitrogens with one attached hydrogen (secondary N) is 1. The number of carbonyl (C=O) groups is 1. The maximum Gasteiger partial charge on any atom is 0.253 e. The Morgan fingerprint density at radius 3 is 2.61 bits per heavy atom. The van der Waals surface area contributed by atoms with Crippen molar-refractivity contribution in [2.24, 2.45) is 0 Å². The first-order valence-electron chi connectivity index (χ1n) is 11.0. The highest BCUT2D eigenvalue weighted by molar-refractivity contribution is 6.31. The summed E-state index contributed by atoms with van der Waals surface area (Å²) in [6.07, 6.45) is 2.03. The number of nitrogen functional groups attached to an aromatic ring is 2. The van der Waals surface area contributed by atoms with E-state index >= 15 is 0 Å². The van der Waals surface area contributed by atoms with E-state index in [4.69, 9.17) is 37.0 Å². The van der Waals surface area contributed by atoms with Gasteiger partial charge in [-0.2, -0.15) is 4.98 Å². The van der Waals surface area contributed by atoms with E-state index in [1.807, 2.05) is 24.1 Å². The molecule has 0 unspecified atom stereocenters. The Hall–Kier alpha value is -4.18. The largest absolute Gasteiger partial charge is 0.493 e. The number of nitrogens with two attached hydrogens (primary N) is 2. The molecule has 2 heterocycles. The van der Waals surface area contributed by atoms with Gasteiger partial charge in [-0.1, -0.05) is 11.6 Å². The Balaban J connectivity index is 1.77. The van der Waals surface area contributed by atoms with Crippen LogP contribution in [0.1, 0.15) is 27.2 Å². The number of hydrogen-bond acceptors (Lipinski definition) is 9. The zero-order chi connectivity index (χ0) is 26.0. The predicted molar refractivity (Wildman–Crippen MR) is 140 cm³/mol. The molecule has 4 rings (SSSR count). The van der Waals surface area contributed by atoms with E-state index in [1.165, 1.54) is 0 Å². The lowest BCUT2D eigenvalue weighted by molar-refractivity contribution is 0.0963. The molecule has 0 radical (unpaired) electrons. The average molecular weight is 511 g/mol. The maximum atomic E-state index is 12.4. The summed E-state index contributed by atoms with van der Waals surface area (Å²) >= 11 is 6.23. The predicted octanol–water partition coefficient (Wildman–Crippen LogP) is 3.64. The summed E-state index contributed by atoms with van der Waals surface area (Å²) in [5, 5.41) is 4.00. The number of ether oxygens (including phenoxy) is 2. The molecule has 188 valence electrons. The quantitative estimate of drug-likeness (QED) is 0.323. The van der Waals surface area contributed by atoms with E-state index in [2.05, 4.69) is 15.3 Å². The number of methoxy groups -OCH3 is 2. The van der Waals surface area contributed by atoms with Crippen LogP contribution in [0.4, 0.5) is 17.5 Å². The standard InChI is InChI=1S/C25H27ClN6O4/c1-29-24(33)17-6-5-15(26)9-19(17)32(2)12-16-10-18-13(7-14-11-30-25(28)31-23(14)27)8-20(34-3)22(35-4)21(18)36-16/h5-6,8-11H,7,12H2,1-4H3,(H,29,33)(H4,27,28,30,31). The van der Waals surface area contributed by atoms with Gasteiger partial charge in [-0.25, -0.2) is 4.98 Å². The third-order valence-electron chi connectivity index (χ3n) is 5.82. The van der Waals surface area contributed by atoms with E-state index in [1.54, 1.807) is 45.7 Å². The molecule has 4 aromatic rings. The van der Waals surface area contributed by atoms with Crippen LogP contribution < -0.4 is 31.2 Å². The van der Waals surface area contributed by atoms with E-state index in [9.17, 15) is 4.79 Å². The van der Waals surface area contributed by atoms with Crippen LogP contribution in [-0.4, -0.2) is 44.2 Å². The summed E-state index contributed by atoms with van der Waals surface area (Å²) in [5.41, 5.74) is 15.0. The van der Waals surface area contributed by atoms with Crippen molar-refractivity contribution < 1.29 is 18.7 Å². The van der Waals surface area contributed by atoms with E-state index < -0.39 is 0 Å². The molecule has 2 aromatic carbocycles. The second-order valence-electron chi connectivity index (χ2n) is 8.14. The van der Waals surface area contributed by atoms with E-state index in [-0.39, 0.29) is 11.9 Å². The zero-order valence-electron chi connectivity index (χ0n) is 20.4. The minimum Gasteiger partial charge on any atom is -0.493 e. The topological polar surface area (TPSA) is 142 Å². The van der Waals surface area contributed by atoms with E-state index in [0.717, 1.165) is 10.9 Å². The lowest BCUT2D eigenvalue weighted by Gasteiger charge is -2.21. The summed E-state index contributed by atoms with van der Waals surface area (Å²) in [6.45, 7) is 0.358. The summed E-state index contributed by atoms with van der Waals surface area (Å²) in [6, 6.07) is 8.92. The molecule has 11 heteroatoms. The van der Waals surface area contributed by atoms with Crippen LogP contribution in [-0.2, 0) is 13.0 Å². The number of nitrogens with zero attached hydrogens (tertiary/aromatic N) is 3. The summed E-state index contributed by atoms with van der Waals surface area (Å²) in [7, 11) is 6.56. The maximum absolute atomic E-state index is 12.4. The number of rotatable bonds is 8. The molecule has 0 saturated heterocycles. The van der Waals surface area contributed by atoms with Crippen molar-refractivity contribution >= 4 is 45.9 Å². The van der Waals surface area contributed by atoms with Crippen molar-refractivity contribution in [3.05, 3.63) is 64.0 Å². The number of hydrogen-bond donors (Lipinski definition) is 3.